The van der Waals surface area contributed by atoms with Crippen molar-refractivity contribution in [2.24, 2.45) is 17.1 Å². The quantitative estimate of drug-likeness (QED) is 0.784. The number of carbonyl (C=O) groups is 3. The Morgan fingerprint density at radius 2 is 2.12 bits per heavy atom. The molecule has 0 radical (unpaired) electrons. The van der Waals surface area contributed by atoms with Crippen molar-refractivity contribution in [1.82, 2.24) is 4.90 Å². The number of rotatable bonds is 3. The number of nitrogens with two attached hydrogens (primary N) is 1. The average Bonchev–Trinajstić information content (AvgIpc) is 3.04. The third kappa shape index (κ3) is 2.60. The largest absolute Gasteiger partial charge is 0.481 e. The van der Waals surface area contributed by atoms with E-state index in [1.807, 2.05) is 0 Å². The van der Waals surface area contributed by atoms with Gasteiger partial charge in [-0.25, -0.2) is 4.79 Å². The number of carbonyl (C=O) groups excluding carboxylic acids is 2. The molecule has 0 aromatic heterocycles. The maximum Gasteiger partial charge on any atom is 0.321 e. The summed E-state index contributed by atoms with van der Waals surface area (Å²) in [4.78, 5) is 37.0. The molecular formula is C17H21N3O4. The third-order valence-electron chi connectivity index (χ3n) is 5.33. The first kappa shape index (κ1) is 16.3. The SMILES string of the molecule is Cc1cc(NC(=O)N2C[C@@H]3CCC[C@@]3(C(=O)O)C2)ccc1C(N)=O. The normalized spacial score (nSPS) is 25.4. The van der Waals surface area contributed by atoms with Crippen molar-refractivity contribution >= 4 is 23.6 Å². The Kier molecular flexibility index (Phi) is 3.95. The Bertz CT molecular complexity index is 718. The molecule has 4 N–H and O–H groups in total. The van der Waals surface area contributed by atoms with Crippen LogP contribution >= 0.6 is 0 Å². The average molecular weight is 331 g/mol. The van der Waals surface area contributed by atoms with Crippen molar-refractivity contribution in [1.29, 1.82) is 0 Å². The van der Waals surface area contributed by atoms with Crippen LogP contribution in [0.1, 0.15) is 35.2 Å². The van der Waals surface area contributed by atoms with Gasteiger partial charge in [0.2, 0.25) is 5.91 Å². The number of fused-ring (bicyclic) bond motifs is 1. The van der Waals surface area contributed by atoms with Gasteiger partial charge in [0, 0.05) is 24.3 Å². The Morgan fingerprint density at radius 1 is 1.38 bits per heavy atom. The zero-order valence-electron chi connectivity index (χ0n) is 13.5. The van der Waals surface area contributed by atoms with Gasteiger partial charge in [-0.05, 0) is 49.4 Å². The molecule has 2 atom stereocenters. The van der Waals surface area contributed by atoms with Crippen LogP contribution in [-0.2, 0) is 4.79 Å². The van der Waals surface area contributed by atoms with Crippen molar-refractivity contribution in [3.8, 4) is 0 Å². The predicted molar refractivity (Wildman–Crippen MR) is 87.7 cm³/mol. The summed E-state index contributed by atoms with van der Waals surface area (Å²) in [6, 6.07) is 4.57. The van der Waals surface area contributed by atoms with Crippen LogP contribution in [0.2, 0.25) is 0 Å². The van der Waals surface area contributed by atoms with Gasteiger partial charge in [-0.3, -0.25) is 9.59 Å². The number of aliphatic carboxylic acids is 1. The maximum atomic E-state index is 12.5. The van der Waals surface area contributed by atoms with Crippen LogP contribution in [0, 0.1) is 18.3 Å². The number of carboxylic acids is 1. The van der Waals surface area contributed by atoms with Gasteiger partial charge in [0.15, 0.2) is 0 Å². The Balaban J connectivity index is 1.71. The van der Waals surface area contributed by atoms with E-state index in [2.05, 4.69) is 5.32 Å². The zero-order chi connectivity index (χ0) is 17.5. The number of hydrogen-bond acceptors (Lipinski definition) is 3. The maximum absolute atomic E-state index is 12.5. The highest BCUT2D eigenvalue weighted by Crippen LogP contribution is 2.48. The molecule has 1 saturated carbocycles. The summed E-state index contributed by atoms with van der Waals surface area (Å²) in [7, 11) is 0. The van der Waals surface area contributed by atoms with Crippen LogP contribution in [0.5, 0.6) is 0 Å². The molecule has 0 bridgehead atoms. The van der Waals surface area contributed by atoms with E-state index in [0.29, 0.717) is 29.8 Å². The monoisotopic (exact) mass is 331 g/mol. The van der Waals surface area contributed by atoms with Crippen LogP contribution in [0.25, 0.3) is 0 Å². The van der Waals surface area contributed by atoms with E-state index in [0.717, 1.165) is 12.8 Å². The van der Waals surface area contributed by atoms with Crippen molar-refractivity contribution < 1.29 is 19.5 Å². The van der Waals surface area contributed by atoms with Crippen molar-refractivity contribution in [3.63, 3.8) is 0 Å². The molecular weight excluding hydrogens is 310 g/mol. The summed E-state index contributed by atoms with van der Waals surface area (Å²) in [5.41, 5.74) is 6.13. The van der Waals surface area contributed by atoms with Crippen molar-refractivity contribution in [3.05, 3.63) is 29.3 Å². The standard InChI is InChI=1S/C17H21N3O4/c1-10-7-12(4-5-13(10)14(18)21)19-16(24)20-8-11-3-2-6-17(11,9-20)15(22)23/h4-5,7,11H,2-3,6,8-9H2,1H3,(H2,18,21)(H,19,24)(H,22,23)/t11-,17+/m0/s1. The van der Waals surface area contributed by atoms with Crippen LogP contribution in [0.15, 0.2) is 18.2 Å². The molecule has 7 nitrogen and oxygen atoms in total. The molecule has 1 heterocycles. The zero-order valence-corrected chi connectivity index (χ0v) is 13.5. The highest BCUT2D eigenvalue weighted by atomic mass is 16.4. The van der Waals surface area contributed by atoms with E-state index in [4.69, 9.17) is 5.73 Å². The number of nitrogens with one attached hydrogen (secondary N) is 1. The second kappa shape index (κ2) is 5.81. The number of amides is 3. The summed E-state index contributed by atoms with van der Waals surface area (Å²) in [5.74, 6) is -1.29. The summed E-state index contributed by atoms with van der Waals surface area (Å²) < 4.78 is 0. The number of primary amides is 1. The van der Waals surface area contributed by atoms with Crippen LogP contribution in [0.4, 0.5) is 10.5 Å². The van der Waals surface area contributed by atoms with Gasteiger partial charge >= 0.3 is 12.0 Å². The Morgan fingerprint density at radius 3 is 2.71 bits per heavy atom. The lowest BCUT2D eigenvalue weighted by molar-refractivity contribution is -0.149. The molecule has 2 aliphatic rings. The second-order valence-corrected chi connectivity index (χ2v) is 6.76. The minimum absolute atomic E-state index is 0.0275. The summed E-state index contributed by atoms with van der Waals surface area (Å²) >= 11 is 0. The summed E-state index contributed by atoms with van der Waals surface area (Å²) in [5, 5.41) is 12.4. The molecule has 3 amide bonds. The second-order valence-electron chi connectivity index (χ2n) is 6.76. The number of anilines is 1. The predicted octanol–water partition coefficient (Wildman–Crippen LogP) is 1.81. The molecule has 128 valence electrons. The van der Waals surface area contributed by atoms with E-state index in [-0.39, 0.29) is 18.5 Å². The van der Waals surface area contributed by atoms with E-state index in [1.165, 1.54) is 0 Å². The molecule has 1 aromatic rings. The fraction of sp³-hybridized carbons (Fsp3) is 0.471. The van der Waals surface area contributed by atoms with Crippen molar-refractivity contribution in [2.45, 2.75) is 26.2 Å². The summed E-state index contributed by atoms with van der Waals surface area (Å²) in [6.45, 7) is 2.46. The first-order chi connectivity index (χ1) is 11.3. The molecule has 0 spiro atoms. The first-order valence-corrected chi connectivity index (χ1v) is 8.03. The summed E-state index contributed by atoms with van der Waals surface area (Å²) in [6.07, 6.45) is 2.38. The number of benzene rings is 1. The first-order valence-electron chi connectivity index (χ1n) is 8.03. The van der Waals surface area contributed by atoms with Crippen molar-refractivity contribution in [2.75, 3.05) is 18.4 Å². The minimum atomic E-state index is -0.804. The molecule has 1 saturated heterocycles. The van der Waals surface area contributed by atoms with Crippen LogP contribution in [-0.4, -0.2) is 41.0 Å². The fourth-order valence-corrected chi connectivity index (χ4v) is 4.01. The van der Waals surface area contributed by atoms with E-state index in [9.17, 15) is 19.5 Å². The minimum Gasteiger partial charge on any atom is -0.481 e. The highest BCUT2D eigenvalue weighted by Gasteiger charge is 2.55. The Labute approximate surface area is 139 Å². The van der Waals surface area contributed by atoms with Crippen LogP contribution < -0.4 is 11.1 Å². The number of aryl methyl sites for hydroxylation is 1. The molecule has 1 aliphatic carbocycles. The molecule has 0 unspecified atom stereocenters. The van der Waals surface area contributed by atoms with Gasteiger partial charge in [-0.15, -0.1) is 0 Å². The lowest BCUT2D eigenvalue weighted by Crippen LogP contribution is -2.38. The van der Waals surface area contributed by atoms with Gasteiger partial charge in [0.25, 0.3) is 0 Å². The van der Waals surface area contributed by atoms with Gasteiger partial charge in [-0.1, -0.05) is 6.42 Å². The van der Waals surface area contributed by atoms with Gasteiger partial charge in [0.05, 0.1) is 5.41 Å². The van der Waals surface area contributed by atoms with E-state index < -0.39 is 17.3 Å². The topological polar surface area (TPSA) is 113 Å². The molecule has 3 rings (SSSR count). The smallest absolute Gasteiger partial charge is 0.321 e. The lowest BCUT2D eigenvalue weighted by Gasteiger charge is -2.23. The molecule has 7 heteroatoms. The lowest BCUT2D eigenvalue weighted by atomic mass is 9.81. The molecule has 24 heavy (non-hydrogen) atoms. The number of carboxylic acid groups (broad SMARTS) is 1. The molecule has 1 aromatic carbocycles. The highest BCUT2D eigenvalue weighted by molar-refractivity contribution is 5.96. The van der Waals surface area contributed by atoms with Gasteiger partial charge in [0.1, 0.15) is 0 Å². The fourth-order valence-electron chi connectivity index (χ4n) is 4.01. The third-order valence-corrected chi connectivity index (χ3v) is 5.33. The number of likely N-dealkylation sites (tertiary alicyclic amines) is 1. The van der Waals surface area contributed by atoms with Gasteiger partial charge in [-0.2, -0.15) is 0 Å². The Hall–Kier alpha value is -2.57. The number of urea groups is 1. The number of hydrogen-bond donors (Lipinski definition) is 3. The van der Waals surface area contributed by atoms with E-state index >= 15 is 0 Å². The van der Waals surface area contributed by atoms with E-state index in [1.54, 1.807) is 30.0 Å². The molecule has 2 fully saturated rings. The molecule has 1 aliphatic heterocycles. The van der Waals surface area contributed by atoms with Gasteiger partial charge < -0.3 is 21.1 Å². The van der Waals surface area contributed by atoms with Crippen LogP contribution in [0.3, 0.4) is 0 Å². The number of nitrogens with zero attached hydrogens (tertiary/aromatic N) is 1.